The molecule has 10 heavy (non-hydrogen) atoms. The summed E-state index contributed by atoms with van der Waals surface area (Å²) in [4.78, 5) is 0. The van der Waals surface area contributed by atoms with Gasteiger partial charge in [-0.1, -0.05) is 0 Å². The molecule has 1 aromatic rings. The Morgan fingerprint density at radius 2 is 1.90 bits per heavy atom. The highest BCUT2D eigenvalue weighted by Gasteiger charge is 1.99. The molecule has 0 aliphatic heterocycles. The minimum absolute atomic E-state index is 0. The van der Waals surface area contributed by atoms with Crippen molar-refractivity contribution < 1.29 is 21.5 Å². The Morgan fingerprint density at radius 1 is 1.30 bits per heavy atom. The molecule has 0 atom stereocenters. The molecule has 0 aliphatic carbocycles. The SMILES string of the molecule is Cc1ccc[n+](C)c1C.[Br-]. The Labute approximate surface area is 72.5 Å². The second kappa shape index (κ2) is 3.71. The first-order valence-electron chi connectivity index (χ1n) is 3.13. The Bertz CT molecular complexity index is 200. The smallest absolute Gasteiger partial charge is 0.180 e. The van der Waals surface area contributed by atoms with Gasteiger partial charge in [-0.15, -0.1) is 0 Å². The lowest BCUT2D eigenvalue weighted by Crippen LogP contribution is -3.00. The summed E-state index contributed by atoms with van der Waals surface area (Å²) in [5.41, 5.74) is 2.68. The van der Waals surface area contributed by atoms with Crippen molar-refractivity contribution in [3.05, 3.63) is 29.6 Å². The Balaban J connectivity index is 0.000000810. The van der Waals surface area contributed by atoms with Gasteiger partial charge >= 0.3 is 0 Å². The van der Waals surface area contributed by atoms with E-state index in [4.69, 9.17) is 0 Å². The maximum absolute atomic E-state index is 2.12. The minimum Gasteiger partial charge on any atom is -1.00 e. The third-order valence-corrected chi connectivity index (χ3v) is 1.76. The normalized spacial score (nSPS) is 8.70. The maximum atomic E-state index is 2.12. The van der Waals surface area contributed by atoms with E-state index >= 15 is 0 Å². The lowest BCUT2D eigenvalue weighted by Gasteiger charge is -1.94. The molecule has 1 rings (SSSR count). The van der Waals surface area contributed by atoms with Gasteiger partial charge in [-0.2, -0.15) is 0 Å². The molecule has 1 nitrogen and oxygen atoms in total. The van der Waals surface area contributed by atoms with E-state index in [9.17, 15) is 0 Å². The van der Waals surface area contributed by atoms with Gasteiger partial charge in [0.2, 0.25) is 0 Å². The van der Waals surface area contributed by atoms with E-state index in [2.05, 4.69) is 43.8 Å². The molecule has 0 saturated heterocycles. The monoisotopic (exact) mass is 201 g/mol. The molecule has 56 valence electrons. The molecule has 0 saturated carbocycles. The number of hydrogen-bond acceptors (Lipinski definition) is 0. The van der Waals surface area contributed by atoms with Crippen LogP contribution in [-0.2, 0) is 7.05 Å². The average Bonchev–Trinajstić information content (AvgIpc) is 1.83. The highest BCUT2D eigenvalue weighted by Crippen LogP contribution is 1.96. The Hall–Kier alpha value is -0.370. The number of rotatable bonds is 0. The molecule has 0 N–H and O–H groups in total. The topological polar surface area (TPSA) is 3.88 Å². The first-order chi connectivity index (χ1) is 4.22. The second-order valence-electron chi connectivity index (χ2n) is 2.39. The fraction of sp³-hybridized carbons (Fsp3) is 0.375. The van der Waals surface area contributed by atoms with Crippen LogP contribution >= 0.6 is 0 Å². The number of aromatic nitrogens is 1. The largest absolute Gasteiger partial charge is 1.00 e. The predicted molar refractivity (Wildman–Crippen MR) is 37.1 cm³/mol. The third-order valence-electron chi connectivity index (χ3n) is 1.76. The lowest BCUT2D eigenvalue weighted by molar-refractivity contribution is -0.678. The molecule has 0 spiro atoms. The van der Waals surface area contributed by atoms with Gasteiger partial charge in [0, 0.05) is 18.6 Å². The zero-order valence-electron chi connectivity index (χ0n) is 6.56. The van der Waals surface area contributed by atoms with Crippen molar-refractivity contribution in [2.75, 3.05) is 0 Å². The number of halogens is 1. The van der Waals surface area contributed by atoms with Gasteiger partial charge in [-0.3, -0.25) is 0 Å². The second-order valence-corrected chi connectivity index (χ2v) is 2.39. The van der Waals surface area contributed by atoms with Crippen LogP contribution in [0.2, 0.25) is 0 Å². The van der Waals surface area contributed by atoms with Crippen LogP contribution in [0.4, 0.5) is 0 Å². The van der Waals surface area contributed by atoms with E-state index in [0.29, 0.717) is 0 Å². The Morgan fingerprint density at radius 3 is 2.30 bits per heavy atom. The highest BCUT2D eigenvalue weighted by atomic mass is 79.9. The van der Waals surface area contributed by atoms with Gasteiger partial charge in [-0.05, 0) is 13.0 Å². The van der Waals surface area contributed by atoms with E-state index in [1.807, 2.05) is 0 Å². The first kappa shape index (κ1) is 9.63. The molecule has 0 radical (unpaired) electrons. The van der Waals surface area contributed by atoms with Crippen molar-refractivity contribution in [1.82, 2.24) is 0 Å². The van der Waals surface area contributed by atoms with Gasteiger partial charge in [0.15, 0.2) is 11.9 Å². The number of pyridine rings is 1. The summed E-state index contributed by atoms with van der Waals surface area (Å²) >= 11 is 0. The van der Waals surface area contributed by atoms with Crippen LogP contribution in [0, 0.1) is 13.8 Å². The van der Waals surface area contributed by atoms with Gasteiger partial charge in [0.25, 0.3) is 0 Å². The molecule has 0 fully saturated rings. The van der Waals surface area contributed by atoms with Gasteiger partial charge < -0.3 is 17.0 Å². The van der Waals surface area contributed by atoms with E-state index in [-0.39, 0.29) is 17.0 Å². The number of nitrogens with zero attached hydrogens (tertiary/aromatic N) is 1. The van der Waals surface area contributed by atoms with Crippen molar-refractivity contribution in [2.24, 2.45) is 7.05 Å². The molecule has 0 amide bonds. The number of aryl methyl sites for hydroxylation is 2. The van der Waals surface area contributed by atoms with Gasteiger partial charge in [0.1, 0.15) is 7.05 Å². The molecule has 0 bridgehead atoms. The quantitative estimate of drug-likeness (QED) is 0.434. The van der Waals surface area contributed by atoms with Crippen LogP contribution in [-0.4, -0.2) is 0 Å². The summed E-state index contributed by atoms with van der Waals surface area (Å²) in [5.74, 6) is 0. The van der Waals surface area contributed by atoms with Gasteiger partial charge in [-0.25, -0.2) is 4.57 Å². The van der Waals surface area contributed by atoms with Crippen LogP contribution in [0.1, 0.15) is 11.3 Å². The first-order valence-corrected chi connectivity index (χ1v) is 3.13. The third kappa shape index (κ3) is 1.81. The molecule has 1 aromatic heterocycles. The van der Waals surface area contributed by atoms with Crippen molar-refractivity contribution in [2.45, 2.75) is 13.8 Å². The minimum atomic E-state index is 0. The summed E-state index contributed by atoms with van der Waals surface area (Å²) in [6.07, 6.45) is 2.06. The van der Waals surface area contributed by atoms with Crippen LogP contribution in [0.5, 0.6) is 0 Å². The van der Waals surface area contributed by atoms with Crippen LogP contribution in [0.3, 0.4) is 0 Å². The highest BCUT2D eigenvalue weighted by molar-refractivity contribution is 5.10. The van der Waals surface area contributed by atoms with E-state index in [0.717, 1.165) is 0 Å². The Kier molecular flexibility index (Phi) is 3.58. The summed E-state index contributed by atoms with van der Waals surface area (Å²) in [6.45, 7) is 4.24. The zero-order chi connectivity index (χ0) is 6.85. The summed E-state index contributed by atoms with van der Waals surface area (Å²) in [5, 5.41) is 0. The molecule has 0 aliphatic rings. The molecule has 2 heteroatoms. The summed E-state index contributed by atoms with van der Waals surface area (Å²) in [7, 11) is 2.06. The lowest BCUT2D eigenvalue weighted by atomic mass is 10.2. The van der Waals surface area contributed by atoms with Crippen molar-refractivity contribution in [3.63, 3.8) is 0 Å². The van der Waals surface area contributed by atoms with Gasteiger partial charge in [0.05, 0.1) is 0 Å². The van der Waals surface area contributed by atoms with Crippen molar-refractivity contribution >= 4 is 0 Å². The van der Waals surface area contributed by atoms with E-state index in [1.54, 1.807) is 0 Å². The van der Waals surface area contributed by atoms with Crippen molar-refractivity contribution in [1.29, 1.82) is 0 Å². The van der Waals surface area contributed by atoms with Crippen molar-refractivity contribution in [3.8, 4) is 0 Å². The van der Waals surface area contributed by atoms with Crippen LogP contribution < -0.4 is 21.5 Å². The standard InChI is InChI=1S/C8H12N.BrH/c1-7-5-4-6-9(3)8(7)2;/h4-6H,1-3H3;1H/q+1;/p-1. The molecule has 1 heterocycles. The molecular weight excluding hydrogens is 190 g/mol. The zero-order valence-corrected chi connectivity index (χ0v) is 8.14. The summed E-state index contributed by atoms with van der Waals surface area (Å²) in [6, 6.07) is 4.18. The van der Waals surface area contributed by atoms with E-state index < -0.39 is 0 Å². The van der Waals surface area contributed by atoms with E-state index in [1.165, 1.54) is 11.3 Å². The van der Waals surface area contributed by atoms with Crippen LogP contribution in [0.15, 0.2) is 18.3 Å². The number of hydrogen-bond donors (Lipinski definition) is 0. The molecule has 0 unspecified atom stereocenters. The van der Waals surface area contributed by atoms with Crippen LogP contribution in [0.25, 0.3) is 0 Å². The summed E-state index contributed by atoms with van der Waals surface area (Å²) < 4.78 is 2.12. The predicted octanol–water partition coefficient (Wildman–Crippen LogP) is -1.87. The molecular formula is C8H12BrN. The average molecular weight is 202 g/mol. The fourth-order valence-electron chi connectivity index (χ4n) is 0.827. The maximum Gasteiger partial charge on any atom is 0.180 e. The molecule has 0 aromatic carbocycles. The fourth-order valence-corrected chi connectivity index (χ4v) is 0.827.